The van der Waals surface area contributed by atoms with E-state index in [1.807, 2.05) is 0 Å². The van der Waals surface area contributed by atoms with E-state index in [1.165, 1.54) is 32.1 Å². The molecule has 14 heavy (non-hydrogen) atoms. The van der Waals surface area contributed by atoms with Gasteiger partial charge in [-0.2, -0.15) is 0 Å². The molecule has 2 nitrogen and oxygen atoms in total. The van der Waals surface area contributed by atoms with Gasteiger partial charge in [-0.3, -0.25) is 4.79 Å². The number of rotatable bonds is 7. The molecule has 0 saturated carbocycles. The van der Waals surface area contributed by atoms with E-state index in [9.17, 15) is 4.79 Å². The van der Waals surface area contributed by atoms with E-state index in [2.05, 4.69) is 18.8 Å². The molecule has 0 rings (SSSR count). The van der Waals surface area contributed by atoms with E-state index in [0.717, 1.165) is 12.8 Å². The molecule has 0 aromatic heterocycles. The summed E-state index contributed by atoms with van der Waals surface area (Å²) < 4.78 is 0. The standard InChI is InChI=1S/C12H20O2/c1-2-3-4-5-6-7-8-9-10-11-12(13)14/h2-8,11H2,1H3,(H,13,14). The summed E-state index contributed by atoms with van der Waals surface area (Å²) in [5.74, 6) is 4.68. The van der Waals surface area contributed by atoms with Crippen LogP contribution in [0.2, 0.25) is 0 Å². The van der Waals surface area contributed by atoms with Crippen LogP contribution in [0, 0.1) is 11.8 Å². The summed E-state index contributed by atoms with van der Waals surface area (Å²) in [6.07, 6.45) is 8.37. The number of carboxylic acids is 1. The van der Waals surface area contributed by atoms with E-state index in [0.29, 0.717) is 0 Å². The van der Waals surface area contributed by atoms with E-state index in [1.54, 1.807) is 0 Å². The van der Waals surface area contributed by atoms with Crippen LogP contribution in [0.25, 0.3) is 0 Å². The Hall–Kier alpha value is -0.970. The maximum absolute atomic E-state index is 10.1. The number of hydrogen-bond donors (Lipinski definition) is 1. The van der Waals surface area contributed by atoms with Crippen LogP contribution in [0.1, 0.15) is 58.3 Å². The summed E-state index contributed by atoms with van der Waals surface area (Å²) in [4.78, 5) is 10.1. The Morgan fingerprint density at radius 1 is 1.07 bits per heavy atom. The third-order valence-electron chi connectivity index (χ3n) is 2.02. The van der Waals surface area contributed by atoms with Gasteiger partial charge in [0, 0.05) is 6.42 Å². The Balaban J connectivity index is 3.11. The van der Waals surface area contributed by atoms with Gasteiger partial charge in [-0.25, -0.2) is 0 Å². The van der Waals surface area contributed by atoms with Crippen LogP contribution in [0.15, 0.2) is 0 Å². The fourth-order valence-electron chi connectivity index (χ4n) is 1.22. The molecule has 0 heterocycles. The highest BCUT2D eigenvalue weighted by Crippen LogP contribution is 2.05. The molecule has 80 valence electrons. The molecule has 0 fully saturated rings. The highest BCUT2D eigenvalue weighted by Gasteiger charge is 1.89. The molecule has 0 spiro atoms. The third-order valence-corrected chi connectivity index (χ3v) is 2.02. The lowest BCUT2D eigenvalue weighted by atomic mass is 10.1. The van der Waals surface area contributed by atoms with Gasteiger partial charge in [0.05, 0.1) is 0 Å². The molecule has 0 aliphatic heterocycles. The molecule has 0 amide bonds. The van der Waals surface area contributed by atoms with Gasteiger partial charge in [-0.05, 0) is 6.42 Å². The number of hydrogen-bond acceptors (Lipinski definition) is 1. The maximum atomic E-state index is 10.1. The van der Waals surface area contributed by atoms with Crippen LogP contribution < -0.4 is 0 Å². The first-order valence-corrected chi connectivity index (χ1v) is 5.45. The molecular formula is C12H20O2. The van der Waals surface area contributed by atoms with Crippen molar-refractivity contribution in [3.05, 3.63) is 0 Å². The van der Waals surface area contributed by atoms with Crippen molar-refractivity contribution in [2.24, 2.45) is 0 Å². The van der Waals surface area contributed by atoms with Gasteiger partial charge < -0.3 is 5.11 Å². The van der Waals surface area contributed by atoms with Crippen LogP contribution in [0.3, 0.4) is 0 Å². The molecule has 0 atom stereocenters. The van der Waals surface area contributed by atoms with E-state index in [4.69, 9.17) is 5.11 Å². The molecule has 0 aliphatic carbocycles. The van der Waals surface area contributed by atoms with Crippen molar-refractivity contribution in [2.75, 3.05) is 0 Å². The fourth-order valence-corrected chi connectivity index (χ4v) is 1.22. The van der Waals surface area contributed by atoms with Crippen molar-refractivity contribution in [2.45, 2.75) is 58.3 Å². The Kier molecular flexibility index (Phi) is 9.41. The third kappa shape index (κ3) is 11.0. The molecular weight excluding hydrogens is 176 g/mol. The van der Waals surface area contributed by atoms with E-state index in [-0.39, 0.29) is 6.42 Å². The first-order chi connectivity index (χ1) is 6.77. The van der Waals surface area contributed by atoms with Gasteiger partial charge in [0.25, 0.3) is 0 Å². The number of aliphatic carboxylic acids is 1. The second kappa shape index (κ2) is 10.1. The zero-order valence-electron chi connectivity index (χ0n) is 9.01. The molecule has 0 saturated heterocycles. The Bertz CT molecular complexity index is 198. The number of unbranched alkanes of at least 4 members (excludes halogenated alkanes) is 6. The zero-order valence-corrected chi connectivity index (χ0v) is 9.01. The Morgan fingerprint density at radius 3 is 2.36 bits per heavy atom. The Morgan fingerprint density at radius 2 is 1.71 bits per heavy atom. The minimum Gasteiger partial charge on any atom is -0.481 e. The van der Waals surface area contributed by atoms with Crippen molar-refractivity contribution in [3.8, 4) is 11.8 Å². The first-order valence-electron chi connectivity index (χ1n) is 5.45. The number of carboxylic acid groups (broad SMARTS) is 1. The second-order valence-corrected chi connectivity index (χ2v) is 3.44. The van der Waals surface area contributed by atoms with Gasteiger partial charge >= 0.3 is 5.97 Å². The first kappa shape index (κ1) is 13.0. The number of carbonyl (C=O) groups is 1. The molecule has 2 heteroatoms. The Labute approximate surface area is 86.7 Å². The summed E-state index contributed by atoms with van der Waals surface area (Å²) in [6, 6.07) is 0. The van der Waals surface area contributed by atoms with Crippen LogP contribution in [-0.4, -0.2) is 11.1 Å². The summed E-state index contributed by atoms with van der Waals surface area (Å²) in [5, 5.41) is 8.31. The molecule has 0 bridgehead atoms. The summed E-state index contributed by atoms with van der Waals surface area (Å²) >= 11 is 0. The predicted molar refractivity (Wildman–Crippen MR) is 58.0 cm³/mol. The molecule has 0 aromatic rings. The van der Waals surface area contributed by atoms with Crippen LogP contribution in [-0.2, 0) is 4.79 Å². The lowest BCUT2D eigenvalue weighted by molar-refractivity contribution is -0.135. The van der Waals surface area contributed by atoms with Gasteiger partial charge in [-0.1, -0.05) is 44.9 Å². The zero-order chi connectivity index (χ0) is 10.6. The smallest absolute Gasteiger partial charge is 0.315 e. The van der Waals surface area contributed by atoms with Crippen LogP contribution >= 0.6 is 0 Å². The van der Waals surface area contributed by atoms with Gasteiger partial charge in [-0.15, -0.1) is 5.92 Å². The quantitative estimate of drug-likeness (QED) is 0.501. The minimum absolute atomic E-state index is 0.0180. The summed E-state index contributed by atoms with van der Waals surface area (Å²) in [5.41, 5.74) is 0. The van der Waals surface area contributed by atoms with Crippen molar-refractivity contribution in [3.63, 3.8) is 0 Å². The van der Waals surface area contributed by atoms with Crippen LogP contribution in [0.5, 0.6) is 0 Å². The second-order valence-electron chi connectivity index (χ2n) is 3.44. The fraction of sp³-hybridized carbons (Fsp3) is 0.750. The average molecular weight is 196 g/mol. The van der Waals surface area contributed by atoms with E-state index >= 15 is 0 Å². The highest BCUT2D eigenvalue weighted by molar-refractivity contribution is 5.69. The van der Waals surface area contributed by atoms with Crippen molar-refractivity contribution < 1.29 is 9.90 Å². The van der Waals surface area contributed by atoms with Crippen molar-refractivity contribution in [1.29, 1.82) is 0 Å². The lowest BCUT2D eigenvalue weighted by Gasteiger charge is -1.96. The summed E-state index contributed by atoms with van der Waals surface area (Å²) in [6.45, 7) is 2.21. The molecule has 0 unspecified atom stereocenters. The summed E-state index contributed by atoms with van der Waals surface area (Å²) in [7, 11) is 0. The average Bonchev–Trinajstić information content (AvgIpc) is 2.15. The molecule has 0 radical (unpaired) electrons. The van der Waals surface area contributed by atoms with Crippen molar-refractivity contribution in [1.82, 2.24) is 0 Å². The molecule has 1 N–H and O–H groups in total. The topological polar surface area (TPSA) is 37.3 Å². The molecule has 0 aliphatic rings. The minimum atomic E-state index is -0.833. The SMILES string of the molecule is CCCCCCCCC#CCC(=O)O. The largest absolute Gasteiger partial charge is 0.481 e. The molecule has 0 aromatic carbocycles. The lowest BCUT2D eigenvalue weighted by Crippen LogP contribution is -1.89. The normalized spacial score (nSPS) is 9.21. The monoisotopic (exact) mass is 196 g/mol. The predicted octanol–water partition coefficient (Wildman–Crippen LogP) is 3.22. The van der Waals surface area contributed by atoms with Crippen LogP contribution in [0.4, 0.5) is 0 Å². The van der Waals surface area contributed by atoms with Gasteiger partial charge in [0.2, 0.25) is 0 Å². The van der Waals surface area contributed by atoms with E-state index < -0.39 is 5.97 Å². The maximum Gasteiger partial charge on any atom is 0.315 e. The van der Waals surface area contributed by atoms with Gasteiger partial charge in [0.15, 0.2) is 0 Å². The van der Waals surface area contributed by atoms with Crippen molar-refractivity contribution >= 4 is 5.97 Å². The van der Waals surface area contributed by atoms with Gasteiger partial charge in [0.1, 0.15) is 6.42 Å². The highest BCUT2D eigenvalue weighted by atomic mass is 16.4.